The summed E-state index contributed by atoms with van der Waals surface area (Å²) >= 11 is 5.70. The zero-order chi connectivity index (χ0) is 14.0. The van der Waals surface area contributed by atoms with Crippen LogP contribution in [0, 0.1) is 0 Å². The van der Waals surface area contributed by atoms with Crippen LogP contribution in [0.1, 0.15) is 25.8 Å². The Labute approximate surface area is 108 Å². The lowest BCUT2D eigenvalue weighted by Gasteiger charge is -2.31. The second kappa shape index (κ2) is 5.36. The number of hydrogen-bond donors (Lipinski definition) is 1. The summed E-state index contributed by atoms with van der Waals surface area (Å²) in [4.78, 5) is 0. The molecule has 0 aliphatic carbocycles. The van der Waals surface area contributed by atoms with E-state index in [0.29, 0.717) is 0 Å². The number of hydrogen-bond acceptors (Lipinski definition) is 2. The average molecular weight is 283 g/mol. The highest BCUT2D eigenvalue weighted by molar-refractivity contribution is 6.30. The Hall–Kier alpha value is -0.940. The molecule has 0 amide bonds. The van der Waals surface area contributed by atoms with Crippen LogP contribution >= 0.6 is 11.6 Å². The molecule has 0 spiro atoms. The Balaban J connectivity index is 3.40. The summed E-state index contributed by atoms with van der Waals surface area (Å²) in [6, 6.07) is 3.83. The van der Waals surface area contributed by atoms with Crippen molar-refractivity contribution in [2.24, 2.45) is 0 Å². The van der Waals surface area contributed by atoms with Crippen LogP contribution in [0.4, 0.5) is 13.2 Å². The highest BCUT2D eigenvalue weighted by Crippen LogP contribution is 2.45. The van der Waals surface area contributed by atoms with Crippen molar-refractivity contribution in [3.05, 3.63) is 28.8 Å². The smallest absolute Gasteiger partial charge is 0.421 e. The molecule has 1 aromatic rings. The summed E-state index contributed by atoms with van der Waals surface area (Å²) in [5, 5.41) is 10.0. The fourth-order valence-electron chi connectivity index (χ4n) is 1.65. The van der Waals surface area contributed by atoms with Crippen molar-refractivity contribution < 1.29 is 23.0 Å². The largest absolute Gasteiger partial charge is 0.493 e. The summed E-state index contributed by atoms with van der Waals surface area (Å²) in [5.41, 5.74) is -3.31. The Bertz CT molecular complexity index is 420. The fraction of sp³-hybridized carbons (Fsp3) is 0.500. The average Bonchev–Trinajstić information content (AvgIpc) is 2.29. The van der Waals surface area contributed by atoms with Gasteiger partial charge < -0.3 is 9.84 Å². The highest BCUT2D eigenvalue weighted by Gasteiger charge is 2.55. The molecule has 1 unspecified atom stereocenters. The first-order chi connectivity index (χ1) is 8.26. The molecule has 1 aromatic carbocycles. The Morgan fingerprint density at radius 2 is 1.89 bits per heavy atom. The molecule has 102 valence electrons. The number of ether oxygens (including phenoxy) is 1. The van der Waals surface area contributed by atoms with Gasteiger partial charge in [0, 0.05) is 10.6 Å². The standard InChI is InChI=1S/C12H14ClF3O2/c1-3-11(17,12(14,15)16)9-7-8(13)5-6-10(9)18-4-2/h5-7,17H,3-4H2,1-2H3. The fourth-order valence-corrected chi connectivity index (χ4v) is 1.82. The highest BCUT2D eigenvalue weighted by atomic mass is 35.5. The van der Waals surface area contributed by atoms with Gasteiger partial charge in [0.15, 0.2) is 5.60 Å². The van der Waals surface area contributed by atoms with Gasteiger partial charge in [0.1, 0.15) is 5.75 Å². The molecule has 0 fully saturated rings. The van der Waals surface area contributed by atoms with Crippen LogP contribution in [0.25, 0.3) is 0 Å². The summed E-state index contributed by atoms with van der Waals surface area (Å²) in [6.07, 6.45) is -5.31. The van der Waals surface area contributed by atoms with Crippen LogP contribution < -0.4 is 4.74 Å². The Morgan fingerprint density at radius 3 is 2.33 bits per heavy atom. The van der Waals surface area contributed by atoms with Gasteiger partial charge in [0.2, 0.25) is 0 Å². The molecule has 18 heavy (non-hydrogen) atoms. The van der Waals surface area contributed by atoms with Gasteiger partial charge in [-0.05, 0) is 31.5 Å². The number of halogens is 4. The van der Waals surface area contributed by atoms with Gasteiger partial charge in [-0.2, -0.15) is 13.2 Å². The van der Waals surface area contributed by atoms with Crippen LogP contribution in [-0.4, -0.2) is 17.9 Å². The first-order valence-corrected chi connectivity index (χ1v) is 5.86. The van der Waals surface area contributed by atoms with Crippen molar-refractivity contribution in [1.29, 1.82) is 0 Å². The molecule has 2 nitrogen and oxygen atoms in total. The van der Waals surface area contributed by atoms with Crippen molar-refractivity contribution in [3.8, 4) is 5.75 Å². The van der Waals surface area contributed by atoms with Gasteiger partial charge in [-0.3, -0.25) is 0 Å². The van der Waals surface area contributed by atoms with Crippen LogP contribution in [0.15, 0.2) is 18.2 Å². The van der Waals surface area contributed by atoms with Crippen LogP contribution in [0.2, 0.25) is 5.02 Å². The summed E-state index contributed by atoms with van der Waals surface area (Å²) in [5.74, 6) is -0.0106. The van der Waals surface area contributed by atoms with Crippen molar-refractivity contribution in [1.82, 2.24) is 0 Å². The summed E-state index contributed by atoms with van der Waals surface area (Å²) < 4.78 is 44.1. The molecule has 0 saturated carbocycles. The van der Waals surface area contributed by atoms with Gasteiger partial charge in [0.05, 0.1) is 6.61 Å². The molecule has 1 rings (SSSR count). The third-order valence-electron chi connectivity index (χ3n) is 2.67. The van der Waals surface area contributed by atoms with E-state index in [0.717, 1.165) is 6.07 Å². The van der Waals surface area contributed by atoms with E-state index in [1.807, 2.05) is 0 Å². The molecule has 1 atom stereocenters. The zero-order valence-corrected chi connectivity index (χ0v) is 10.8. The van der Waals surface area contributed by atoms with Crippen molar-refractivity contribution in [2.45, 2.75) is 32.0 Å². The van der Waals surface area contributed by atoms with Gasteiger partial charge in [-0.1, -0.05) is 18.5 Å². The SMILES string of the molecule is CCOc1ccc(Cl)cc1C(O)(CC)C(F)(F)F. The monoisotopic (exact) mass is 282 g/mol. The number of alkyl halides is 3. The lowest BCUT2D eigenvalue weighted by atomic mass is 9.89. The van der Waals surface area contributed by atoms with E-state index >= 15 is 0 Å². The Morgan fingerprint density at radius 1 is 1.28 bits per heavy atom. The molecule has 0 aliphatic heterocycles. The third-order valence-corrected chi connectivity index (χ3v) is 2.90. The van der Waals surface area contributed by atoms with Gasteiger partial charge in [-0.25, -0.2) is 0 Å². The first-order valence-electron chi connectivity index (χ1n) is 5.48. The third kappa shape index (κ3) is 2.72. The van der Waals surface area contributed by atoms with E-state index in [4.69, 9.17) is 16.3 Å². The van der Waals surface area contributed by atoms with Crippen molar-refractivity contribution in [3.63, 3.8) is 0 Å². The van der Waals surface area contributed by atoms with Crippen LogP contribution in [0.5, 0.6) is 5.75 Å². The normalized spacial score (nSPS) is 15.3. The molecule has 0 aliphatic rings. The summed E-state index contributed by atoms with van der Waals surface area (Å²) in [6.45, 7) is 3.10. The first kappa shape index (κ1) is 15.1. The quantitative estimate of drug-likeness (QED) is 0.907. The molecular weight excluding hydrogens is 269 g/mol. The van der Waals surface area contributed by atoms with E-state index in [-0.39, 0.29) is 22.9 Å². The van der Waals surface area contributed by atoms with Gasteiger partial charge in [0.25, 0.3) is 0 Å². The maximum Gasteiger partial charge on any atom is 0.421 e. The maximum absolute atomic E-state index is 13.0. The minimum atomic E-state index is -4.79. The van der Waals surface area contributed by atoms with Gasteiger partial charge in [-0.15, -0.1) is 0 Å². The van der Waals surface area contributed by atoms with E-state index in [1.165, 1.54) is 19.1 Å². The van der Waals surface area contributed by atoms with Crippen molar-refractivity contribution >= 4 is 11.6 Å². The lowest BCUT2D eigenvalue weighted by Crippen LogP contribution is -2.42. The molecule has 0 heterocycles. The van der Waals surface area contributed by atoms with Crippen LogP contribution in [-0.2, 0) is 5.60 Å². The van der Waals surface area contributed by atoms with E-state index < -0.39 is 18.2 Å². The maximum atomic E-state index is 13.0. The number of rotatable bonds is 4. The van der Waals surface area contributed by atoms with E-state index in [1.54, 1.807) is 6.92 Å². The predicted octanol–water partition coefficient (Wildman–Crippen LogP) is 3.90. The molecule has 1 N–H and O–H groups in total. The lowest BCUT2D eigenvalue weighted by molar-refractivity contribution is -0.268. The van der Waals surface area contributed by atoms with Crippen LogP contribution in [0.3, 0.4) is 0 Å². The molecule has 0 bridgehead atoms. The minimum absolute atomic E-state index is 0.0106. The zero-order valence-electron chi connectivity index (χ0n) is 10.0. The minimum Gasteiger partial charge on any atom is -0.493 e. The molecule has 0 radical (unpaired) electrons. The van der Waals surface area contributed by atoms with Crippen molar-refractivity contribution in [2.75, 3.05) is 6.61 Å². The second-order valence-corrected chi connectivity index (χ2v) is 4.22. The number of aliphatic hydroxyl groups is 1. The number of benzene rings is 1. The molecular formula is C12H14ClF3O2. The predicted molar refractivity (Wildman–Crippen MR) is 62.9 cm³/mol. The van der Waals surface area contributed by atoms with E-state index in [9.17, 15) is 18.3 Å². The van der Waals surface area contributed by atoms with Gasteiger partial charge >= 0.3 is 6.18 Å². The Kier molecular flexibility index (Phi) is 4.50. The molecule has 0 aromatic heterocycles. The summed E-state index contributed by atoms with van der Waals surface area (Å²) in [7, 11) is 0. The molecule has 0 saturated heterocycles. The second-order valence-electron chi connectivity index (χ2n) is 3.79. The molecule has 6 heteroatoms. The topological polar surface area (TPSA) is 29.5 Å². The van der Waals surface area contributed by atoms with E-state index in [2.05, 4.69) is 0 Å².